The zero-order valence-corrected chi connectivity index (χ0v) is 13.0. The second-order valence-electron chi connectivity index (χ2n) is 5.31. The van der Waals surface area contributed by atoms with Crippen LogP contribution in [0.5, 0.6) is 0 Å². The molecule has 1 amide bonds. The molecule has 0 saturated carbocycles. The number of nitrogens with one attached hydrogen (secondary N) is 2. The zero-order chi connectivity index (χ0) is 19.5. The highest BCUT2D eigenvalue weighted by Crippen LogP contribution is 2.27. The van der Waals surface area contributed by atoms with Gasteiger partial charge in [-0.15, -0.1) is 0 Å². The van der Waals surface area contributed by atoms with Crippen LogP contribution in [0.15, 0.2) is 15.8 Å². The molecule has 26 heavy (non-hydrogen) atoms. The SMILES string of the molecule is O=C(NCC#Cc1cn(C2CC(O)[C@@H](CO)O2)c(=O)[nH]c1=O)C(F)(F)F. The molecular formula is C14H14F3N3O6. The maximum absolute atomic E-state index is 12.0. The lowest BCUT2D eigenvalue weighted by atomic mass is 10.2. The van der Waals surface area contributed by atoms with Gasteiger partial charge < -0.3 is 20.3 Å². The Bertz CT molecular complexity index is 850. The molecule has 0 aliphatic carbocycles. The first-order valence-electron chi connectivity index (χ1n) is 7.27. The number of aromatic nitrogens is 2. The predicted molar refractivity (Wildman–Crippen MR) is 78.9 cm³/mol. The Kier molecular flexibility index (Phi) is 5.86. The van der Waals surface area contributed by atoms with E-state index in [-0.39, 0.29) is 12.0 Å². The highest BCUT2D eigenvalue weighted by atomic mass is 19.4. The molecule has 4 N–H and O–H groups in total. The third-order valence-electron chi connectivity index (χ3n) is 3.48. The van der Waals surface area contributed by atoms with Crippen LogP contribution in [-0.4, -0.2) is 57.2 Å². The van der Waals surface area contributed by atoms with Crippen molar-refractivity contribution in [2.24, 2.45) is 0 Å². The van der Waals surface area contributed by atoms with Crippen LogP contribution in [0.3, 0.4) is 0 Å². The van der Waals surface area contributed by atoms with Crippen molar-refractivity contribution in [2.75, 3.05) is 13.2 Å². The highest BCUT2D eigenvalue weighted by Gasteiger charge is 2.38. The monoisotopic (exact) mass is 377 g/mol. The number of rotatable bonds is 3. The average molecular weight is 377 g/mol. The van der Waals surface area contributed by atoms with Gasteiger partial charge in [-0.25, -0.2) is 4.79 Å². The summed E-state index contributed by atoms with van der Waals surface area (Å²) < 4.78 is 42.3. The first-order chi connectivity index (χ1) is 12.1. The van der Waals surface area contributed by atoms with E-state index in [4.69, 9.17) is 9.84 Å². The van der Waals surface area contributed by atoms with Crippen molar-refractivity contribution in [3.63, 3.8) is 0 Å². The number of aliphatic hydroxyl groups excluding tert-OH is 2. The molecule has 0 bridgehead atoms. The van der Waals surface area contributed by atoms with Gasteiger partial charge in [0.05, 0.1) is 19.3 Å². The summed E-state index contributed by atoms with van der Waals surface area (Å²) in [5, 5.41) is 20.3. The Labute approximate surface area is 143 Å². The van der Waals surface area contributed by atoms with E-state index in [1.54, 1.807) is 0 Å². The molecular weight excluding hydrogens is 363 g/mol. The molecule has 1 aliphatic rings. The zero-order valence-electron chi connectivity index (χ0n) is 13.0. The van der Waals surface area contributed by atoms with Crippen molar-refractivity contribution in [3.05, 3.63) is 32.6 Å². The summed E-state index contributed by atoms with van der Waals surface area (Å²) in [6.45, 7) is -1.14. The second kappa shape index (κ2) is 7.73. The molecule has 3 atom stereocenters. The molecule has 1 aromatic heterocycles. The summed E-state index contributed by atoms with van der Waals surface area (Å²) in [4.78, 5) is 36.2. The molecule has 0 spiro atoms. The van der Waals surface area contributed by atoms with Crippen molar-refractivity contribution in [1.29, 1.82) is 0 Å². The molecule has 1 aromatic rings. The van der Waals surface area contributed by atoms with Crippen molar-refractivity contribution in [1.82, 2.24) is 14.9 Å². The summed E-state index contributed by atoms with van der Waals surface area (Å²) >= 11 is 0. The van der Waals surface area contributed by atoms with Gasteiger partial charge in [0, 0.05) is 12.6 Å². The van der Waals surface area contributed by atoms with Crippen molar-refractivity contribution < 1.29 is 32.9 Å². The van der Waals surface area contributed by atoms with Crippen molar-refractivity contribution in [3.8, 4) is 11.8 Å². The van der Waals surface area contributed by atoms with Crippen LogP contribution in [0, 0.1) is 11.8 Å². The van der Waals surface area contributed by atoms with E-state index in [0.717, 1.165) is 10.8 Å². The minimum Gasteiger partial charge on any atom is -0.394 e. The molecule has 12 heteroatoms. The highest BCUT2D eigenvalue weighted by molar-refractivity contribution is 5.81. The molecule has 2 heterocycles. The summed E-state index contributed by atoms with van der Waals surface area (Å²) in [5.74, 6) is 2.24. The third-order valence-corrected chi connectivity index (χ3v) is 3.48. The quantitative estimate of drug-likeness (QED) is 0.460. The molecule has 1 aliphatic heterocycles. The van der Waals surface area contributed by atoms with Gasteiger partial charge in [0.1, 0.15) is 17.9 Å². The summed E-state index contributed by atoms with van der Waals surface area (Å²) in [6, 6.07) is 0. The normalized spacial score (nSPS) is 22.6. The number of alkyl halides is 3. The van der Waals surface area contributed by atoms with Crippen LogP contribution < -0.4 is 16.6 Å². The lowest BCUT2D eigenvalue weighted by molar-refractivity contribution is -0.173. The number of carbonyl (C=O) groups is 1. The first kappa shape index (κ1) is 19.7. The molecule has 2 unspecified atom stereocenters. The number of amides is 1. The van der Waals surface area contributed by atoms with E-state index < -0.39 is 54.9 Å². The Morgan fingerprint density at radius 3 is 2.73 bits per heavy atom. The summed E-state index contributed by atoms with van der Waals surface area (Å²) in [7, 11) is 0. The number of hydrogen-bond donors (Lipinski definition) is 4. The molecule has 1 fully saturated rings. The third kappa shape index (κ3) is 4.51. The smallest absolute Gasteiger partial charge is 0.394 e. The number of H-pyrrole nitrogens is 1. The van der Waals surface area contributed by atoms with Crippen LogP contribution in [0.2, 0.25) is 0 Å². The molecule has 0 aromatic carbocycles. The molecule has 2 rings (SSSR count). The van der Waals surface area contributed by atoms with Gasteiger partial charge >= 0.3 is 17.8 Å². The van der Waals surface area contributed by atoms with Gasteiger partial charge in [-0.2, -0.15) is 13.2 Å². The van der Waals surface area contributed by atoms with Gasteiger partial charge in [0.25, 0.3) is 5.56 Å². The number of hydrogen-bond acceptors (Lipinski definition) is 6. The maximum atomic E-state index is 12.0. The molecule has 9 nitrogen and oxygen atoms in total. The number of ether oxygens (including phenoxy) is 1. The van der Waals surface area contributed by atoms with E-state index in [1.165, 1.54) is 5.32 Å². The van der Waals surface area contributed by atoms with Crippen molar-refractivity contribution in [2.45, 2.75) is 31.0 Å². The second-order valence-corrected chi connectivity index (χ2v) is 5.31. The van der Waals surface area contributed by atoms with E-state index in [9.17, 15) is 32.7 Å². The minimum absolute atomic E-state index is 0.0221. The Morgan fingerprint density at radius 2 is 2.15 bits per heavy atom. The van der Waals surface area contributed by atoms with Gasteiger partial charge in [-0.3, -0.25) is 19.1 Å². The van der Waals surface area contributed by atoms with Crippen LogP contribution in [-0.2, 0) is 9.53 Å². The minimum atomic E-state index is -5.05. The summed E-state index contributed by atoms with van der Waals surface area (Å²) in [5.41, 5.74) is -1.98. The fraction of sp³-hybridized carbons (Fsp3) is 0.500. The Balaban J connectivity index is 2.17. The van der Waals surface area contributed by atoms with Crippen LogP contribution >= 0.6 is 0 Å². The van der Waals surface area contributed by atoms with Crippen LogP contribution in [0.4, 0.5) is 13.2 Å². The fourth-order valence-corrected chi connectivity index (χ4v) is 2.20. The predicted octanol–water partition coefficient (Wildman–Crippen LogP) is -1.79. The number of aromatic amines is 1. The molecule has 142 valence electrons. The topological polar surface area (TPSA) is 134 Å². The lowest BCUT2D eigenvalue weighted by Gasteiger charge is -2.14. The number of aliphatic hydroxyl groups is 2. The van der Waals surface area contributed by atoms with Gasteiger partial charge in [0.2, 0.25) is 0 Å². The Hall–Kier alpha value is -2.62. The largest absolute Gasteiger partial charge is 0.471 e. The van der Waals surface area contributed by atoms with E-state index >= 15 is 0 Å². The van der Waals surface area contributed by atoms with Crippen molar-refractivity contribution >= 4 is 5.91 Å². The van der Waals surface area contributed by atoms with Gasteiger partial charge in [-0.1, -0.05) is 11.8 Å². The van der Waals surface area contributed by atoms with Gasteiger partial charge in [0.15, 0.2) is 0 Å². The lowest BCUT2D eigenvalue weighted by Crippen LogP contribution is -2.37. The van der Waals surface area contributed by atoms with E-state index in [0.29, 0.717) is 0 Å². The van der Waals surface area contributed by atoms with E-state index in [1.807, 2.05) is 4.98 Å². The number of carbonyl (C=O) groups excluding carboxylic acids is 1. The molecule has 1 saturated heterocycles. The average Bonchev–Trinajstić information content (AvgIpc) is 2.92. The fourth-order valence-electron chi connectivity index (χ4n) is 2.20. The van der Waals surface area contributed by atoms with Gasteiger partial charge in [-0.05, 0) is 0 Å². The van der Waals surface area contributed by atoms with Crippen LogP contribution in [0.25, 0.3) is 0 Å². The van der Waals surface area contributed by atoms with E-state index in [2.05, 4.69) is 11.8 Å². The standard InChI is InChI=1S/C14H14F3N3O6/c15-14(16,17)12(24)18-3-1-2-7-5-20(13(25)19-11(7)23)10-4-8(22)9(6-21)26-10/h5,8-10,21-22H,3-4,6H2,(H,18,24)(H,19,23,25)/t8?,9-,10?/m1/s1. The number of nitrogens with zero attached hydrogens (tertiary/aromatic N) is 1. The van der Waals surface area contributed by atoms with Crippen LogP contribution in [0.1, 0.15) is 18.2 Å². The maximum Gasteiger partial charge on any atom is 0.471 e. The summed E-state index contributed by atoms with van der Waals surface area (Å²) in [6.07, 6.45) is -6.92. The number of halogens is 3. The first-order valence-corrected chi connectivity index (χ1v) is 7.27. The molecule has 0 radical (unpaired) electrons. The Morgan fingerprint density at radius 1 is 1.46 bits per heavy atom.